The van der Waals surface area contributed by atoms with Crippen molar-refractivity contribution < 1.29 is 4.79 Å². The van der Waals surface area contributed by atoms with E-state index in [1.165, 1.54) is 12.1 Å². The average Bonchev–Trinajstić information content (AvgIpc) is 2.40. The summed E-state index contributed by atoms with van der Waals surface area (Å²) in [6.45, 7) is 1.77. The van der Waals surface area contributed by atoms with Crippen molar-refractivity contribution in [1.29, 1.82) is 0 Å². The number of hydrogen-bond acceptors (Lipinski definition) is 2. The number of benzene rings is 2. The largest absolute Gasteiger partial charge is 0.398 e. The number of carbonyl (C=O) groups is 1. The molecule has 0 aliphatic carbocycles. The van der Waals surface area contributed by atoms with Gasteiger partial charge in [0.2, 0.25) is 0 Å². The van der Waals surface area contributed by atoms with E-state index in [2.05, 4.69) is 21.2 Å². The van der Waals surface area contributed by atoms with Gasteiger partial charge in [0.05, 0.1) is 20.8 Å². The fraction of sp³-hybridized carbons (Fsp3) is 0.0714. The van der Waals surface area contributed by atoms with E-state index in [4.69, 9.17) is 40.5 Å². The molecule has 0 saturated carbocycles. The summed E-state index contributed by atoms with van der Waals surface area (Å²) in [5, 5.41) is 3.63. The van der Waals surface area contributed by atoms with Crippen LogP contribution in [0.1, 0.15) is 15.9 Å². The number of nitrogens with one attached hydrogen (secondary N) is 1. The molecule has 0 bridgehead atoms. The summed E-state index contributed by atoms with van der Waals surface area (Å²) in [4.78, 5) is 12.4. The van der Waals surface area contributed by atoms with Gasteiger partial charge in [0, 0.05) is 15.7 Å². The molecule has 110 valence electrons. The lowest BCUT2D eigenvalue weighted by molar-refractivity contribution is 0.102. The zero-order valence-corrected chi connectivity index (χ0v) is 14.7. The highest BCUT2D eigenvalue weighted by Crippen LogP contribution is 2.33. The van der Waals surface area contributed by atoms with E-state index >= 15 is 0 Å². The van der Waals surface area contributed by atoms with Gasteiger partial charge >= 0.3 is 0 Å². The van der Waals surface area contributed by atoms with Crippen molar-refractivity contribution in [1.82, 2.24) is 0 Å². The van der Waals surface area contributed by atoms with E-state index in [1.807, 2.05) is 0 Å². The van der Waals surface area contributed by atoms with Crippen LogP contribution in [0.15, 0.2) is 28.7 Å². The van der Waals surface area contributed by atoms with Crippen LogP contribution in [0, 0.1) is 6.92 Å². The highest BCUT2D eigenvalue weighted by atomic mass is 79.9. The van der Waals surface area contributed by atoms with Gasteiger partial charge < -0.3 is 11.1 Å². The van der Waals surface area contributed by atoms with Gasteiger partial charge in [0.15, 0.2) is 0 Å². The Bertz CT molecular complexity index is 735. The molecule has 0 spiro atoms. The van der Waals surface area contributed by atoms with Gasteiger partial charge in [-0.3, -0.25) is 4.79 Å². The Morgan fingerprint density at radius 3 is 2.38 bits per heavy atom. The number of halogens is 4. The van der Waals surface area contributed by atoms with Crippen LogP contribution in [0.5, 0.6) is 0 Å². The van der Waals surface area contributed by atoms with Crippen LogP contribution >= 0.6 is 50.7 Å². The first-order chi connectivity index (χ1) is 9.79. The summed E-state index contributed by atoms with van der Waals surface area (Å²) < 4.78 is 0.719. The predicted octanol–water partition coefficient (Wildman–Crippen LogP) is 5.55. The summed E-state index contributed by atoms with van der Waals surface area (Å²) in [5.41, 5.74) is 7.89. The minimum Gasteiger partial charge on any atom is -0.398 e. The van der Waals surface area contributed by atoms with E-state index in [9.17, 15) is 4.79 Å². The number of anilines is 2. The predicted molar refractivity (Wildman–Crippen MR) is 92.7 cm³/mol. The zero-order chi connectivity index (χ0) is 15.7. The maximum Gasteiger partial charge on any atom is 0.256 e. The number of hydrogen-bond donors (Lipinski definition) is 2. The molecule has 0 saturated heterocycles. The van der Waals surface area contributed by atoms with Crippen LogP contribution in [0.25, 0.3) is 0 Å². The van der Waals surface area contributed by atoms with Crippen LogP contribution < -0.4 is 11.1 Å². The van der Waals surface area contributed by atoms with Crippen LogP contribution in [0.4, 0.5) is 11.4 Å². The molecule has 2 rings (SSSR count). The fourth-order valence-corrected chi connectivity index (χ4v) is 2.81. The van der Waals surface area contributed by atoms with Gasteiger partial charge in [0.1, 0.15) is 0 Å². The average molecular weight is 409 g/mol. The highest BCUT2D eigenvalue weighted by Gasteiger charge is 2.15. The molecule has 0 atom stereocenters. The van der Waals surface area contributed by atoms with E-state index in [-0.39, 0.29) is 5.91 Å². The molecule has 2 aromatic carbocycles. The SMILES string of the molecule is Cc1c(N)cc(Br)cc1C(=O)Nc1cc(Cl)c(Cl)cc1Cl. The van der Waals surface area contributed by atoms with Crippen molar-refractivity contribution in [2.75, 3.05) is 11.1 Å². The molecule has 3 nitrogen and oxygen atoms in total. The maximum atomic E-state index is 12.4. The monoisotopic (exact) mass is 406 g/mol. The van der Waals surface area contributed by atoms with Crippen molar-refractivity contribution in [2.24, 2.45) is 0 Å². The molecule has 0 aliphatic rings. The number of nitrogen functional groups attached to an aromatic ring is 1. The lowest BCUT2D eigenvalue weighted by Gasteiger charge is -2.12. The molecule has 7 heteroatoms. The fourth-order valence-electron chi connectivity index (χ4n) is 1.74. The second-order valence-electron chi connectivity index (χ2n) is 4.37. The third-order valence-corrected chi connectivity index (χ3v) is 4.41. The van der Waals surface area contributed by atoms with Gasteiger partial charge in [-0.15, -0.1) is 0 Å². The van der Waals surface area contributed by atoms with Gasteiger partial charge in [0.25, 0.3) is 5.91 Å². The molecule has 0 aliphatic heterocycles. The molecule has 0 fully saturated rings. The highest BCUT2D eigenvalue weighted by molar-refractivity contribution is 9.10. The number of amides is 1. The van der Waals surface area contributed by atoms with Crippen molar-refractivity contribution >= 4 is 68.0 Å². The quantitative estimate of drug-likeness (QED) is 0.505. The first kappa shape index (κ1) is 16.4. The zero-order valence-electron chi connectivity index (χ0n) is 10.8. The van der Waals surface area contributed by atoms with Crippen molar-refractivity contribution in [3.05, 3.63) is 54.9 Å². The Kier molecular flexibility index (Phi) is 5.04. The molecular weight excluding hydrogens is 398 g/mol. The Labute approximate surface area is 145 Å². The molecule has 1 amide bonds. The second-order valence-corrected chi connectivity index (χ2v) is 6.51. The van der Waals surface area contributed by atoms with Gasteiger partial charge in [-0.05, 0) is 36.8 Å². The summed E-state index contributed by atoms with van der Waals surface area (Å²) in [5.74, 6) is -0.333. The summed E-state index contributed by atoms with van der Waals surface area (Å²) in [6, 6.07) is 6.40. The molecular formula is C14H10BrCl3N2O. The Hall–Kier alpha value is -0.940. The molecule has 3 N–H and O–H groups in total. The Balaban J connectivity index is 2.37. The van der Waals surface area contributed by atoms with E-state index in [1.54, 1.807) is 19.1 Å². The van der Waals surface area contributed by atoms with Crippen molar-refractivity contribution in [3.63, 3.8) is 0 Å². The topological polar surface area (TPSA) is 55.1 Å². The van der Waals surface area contributed by atoms with Gasteiger partial charge in [-0.2, -0.15) is 0 Å². The molecule has 0 aromatic heterocycles. The van der Waals surface area contributed by atoms with Crippen LogP contribution in [-0.2, 0) is 0 Å². The number of carbonyl (C=O) groups excluding carboxylic acids is 1. The second kappa shape index (κ2) is 6.44. The number of nitrogens with two attached hydrogens (primary N) is 1. The molecule has 0 unspecified atom stereocenters. The minimum absolute atomic E-state index is 0.304. The minimum atomic E-state index is -0.333. The molecule has 2 aromatic rings. The molecule has 0 heterocycles. The van der Waals surface area contributed by atoms with E-state index in [0.29, 0.717) is 37.6 Å². The van der Waals surface area contributed by atoms with Crippen molar-refractivity contribution in [2.45, 2.75) is 6.92 Å². The Morgan fingerprint density at radius 2 is 1.71 bits per heavy atom. The first-order valence-corrected chi connectivity index (χ1v) is 7.74. The smallest absolute Gasteiger partial charge is 0.256 e. The maximum absolute atomic E-state index is 12.4. The van der Waals surface area contributed by atoms with Gasteiger partial charge in [-0.25, -0.2) is 0 Å². The van der Waals surface area contributed by atoms with Crippen LogP contribution in [0.3, 0.4) is 0 Å². The van der Waals surface area contributed by atoms with Gasteiger partial charge in [-0.1, -0.05) is 50.7 Å². The Morgan fingerprint density at radius 1 is 1.10 bits per heavy atom. The number of rotatable bonds is 2. The third-order valence-electron chi connectivity index (χ3n) is 2.92. The molecule has 21 heavy (non-hydrogen) atoms. The molecule has 0 radical (unpaired) electrons. The normalized spacial score (nSPS) is 10.5. The van der Waals surface area contributed by atoms with E-state index in [0.717, 1.165) is 4.47 Å². The first-order valence-electron chi connectivity index (χ1n) is 5.81. The van der Waals surface area contributed by atoms with Crippen LogP contribution in [0.2, 0.25) is 15.1 Å². The lowest BCUT2D eigenvalue weighted by Crippen LogP contribution is -2.14. The van der Waals surface area contributed by atoms with E-state index < -0.39 is 0 Å². The summed E-state index contributed by atoms with van der Waals surface area (Å²) in [7, 11) is 0. The summed E-state index contributed by atoms with van der Waals surface area (Å²) in [6.07, 6.45) is 0. The standard InChI is InChI=1S/C14H10BrCl3N2O/c1-6-8(2-7(15)3-12(6)19)14(21)20-13-5-10(17)9(16)4-11(13)18/h2-5H,19H2,1H3,(H,20,21). The summed E-state index contributed by atoms with van der Waals surface area (Å²) >= 11 is 21.1. The lowest BCUT2D eigenvalue weighted by atomic mass is 10.1. The van der Waals surface area contributed by atoms with Crippen LogP contribution in [-0.4, -0.2) is 5.91 Å². The van der Waals surface area contributed by atoms with Crippen molar-refractivity contribution in [3.8, 4) is 0 Å². The third kappa shape index (κ3) is 3.64.